The third-order valence-electron chi connectivity index (χ3n) is 2.64. The fourth-order valence-corrected chi connectivity index (χ4v) is 3.45. The Morgan fingerprint density at radius 1 is 1.43 bits per heavy atom. The second kappa shape index (κ2) is 5.33. The van der Waals surface area contributed by atoms with Crippen molar-refractivity contribution in [3.8, 4) is 0 Å². The average Bonchev–Trinajstić information content (AvgIpc) is 2.67. The van der Waals surface area contributed by atoms with Gasteiger partial charge in [0.2, 0.25) is 10.0 Å². The van der Waals surface area contributed by atoms with Gasteiger partial charge in [-0.2, -0.15) is 0 Å². The molecule has 14 heavy (non-hydrogen) atoms. The van der Waals surface area contributed by atoms with E-state index >= 15 is 0 Å². The van der Waals surface area contributed by atoms with Crippen LogP contribution in [0.15, 0.2) is 0 Å². The molecule has 1 saturated carbocycles. The molecule has 1 unspecified atom stereocenters. The Balaban J connectivity index is 2.41. The first-order chi connectivity index (χ1) is 6.56. The summed E-state index contributed by atoms with van der Waals surface area (Å²) < 4.78 is 26.0. The Morgan fingerprint density at radius 2 is 2.00 bits per heavy atom. The number of alkyl halides is 1. The Labute approximate surface area is 91.3 Å². The van der Waals surface area contributed by atoms with Crippen molar-refractivity contribution >= 4 is 21.6 Å². The molecule has 1 fully saturated rings. The van der Waals surface area contributed by atoms with E-state index in [1.165, 1.54) is 0 Å². The van der Waals surface area contributed by atoms with Gasteiger partial charge in [-0.25, -0.2) is 13.1 Å². The molecule has 0 aromatic rings. The molecular weight excluding hydrogens is 222 g/mol. The summed E-state index contributed by atoms with van der Waals surface area (Å²) in [6.45, 7) is 2.40. The molecule has 84 valence electrons. The van der Waals surface area contributed by atoms with Crippen LogP contribution in [0.3, 0.4) is 0 Å². The molecule has 5 heteroatoms. The van der Waals surface area contributed by atoms with Gasteiger partial charge in [-0.05, 0) is 18.8 Å². The summed E-state index contributed by atoms with van der Waals surface area (Å²) in [5.74, 6) is 0.695. The number of hydrogen-bond donors (Lipinski definition) is 1. The van der Waals surface area contributed by atoms with Crippen LogP contribution in [0, 0.1) is 5.92 Å². The molecule has 3 nitrogen and oxygen atoms in total. The second-order valence-corrected chi connectivity index (χ2v) is 6.41. The first-order valence-electron chi connectivity index (χ1n) is 5.10. The molecule has 0 heterocycles. The lowest BCUT2D eigenvalue weighted by molar-refractivity contribution is 0.547. The summed E-state index contributed by atoms with van der Waals surface area (Å²) in [5.41, 5.74) is 0. The lowest BCUT2D eigenvalue weighted by Crippen LogP contribution is -2.35. The third-order valence-corrected chi connectivity index (χ3v) is 5.08. The van der Waals surface area contributed by atoms with E-state index in [0.29, 0.717) is 12.4 Å². The van der Waals surface area contributed by atoms with Crippen molar-refractivity contribution in [2.45, 2.75) is 37.9 Å². The van der Waals surface area contributed by atoms with Crippen LogP contribution in [-0.4, -0.2) is 26.1 Å². The van der Waals surface area contributed by atoms with Crippen LogP contribution in [0.1, 0.15) is 32.6 Å². The topological polar surface area (TPSA) is 46.2 Å². The maximum Gasteiger partial charge on any atom is 0.214 e. The Kier molecular flexibility index (Phi) is 4.67. The van der Waals surface area contributed by atoms with Crippen LogP contribution in [0.25, 0.3) is 0 Å². The van der Waals surface area contributed by atoms with Gasteiger partial charge in [-0.15, -0.1) is 11.6 Å². The van der Waals surface area contributed by atoms with Crippen molar-refractivity contribution in [3.63, 3.8) is 0 Å². The van der Waals surface area contributed by atoms with Crippen LogP contribution in [0.4, 0.5) is 0 Å². The summed E-state index contributed by atoms with van der Waals surface area (Å²) in [7, 11) is -3.07. The quantitative estimate of drug-likeness (QED) is 0.743. The lowest BCUT2D eigenvalue weighted by Gasteiger charge is -2.14. The minimum atomic E-state index is -3.07. The van der Waals surface area contributed by atoms with Gasteiger partial charge < -0.3 is 0 Å². The predicted octanol–water partition coefficient (Wildman–Crippen LogP) is 1.72. The Bertz CT molecular complexity index is 260. The summed E-state index contributed by atoms with van der Waals surface area (Å²) in [4.78, 5) is 0. The van der Waals surface area contributed by atoms with Gasteiger partial charge in [0.15, 0.2) is 0 Å². The van der Waals surface area contributed by atoms with Crippen molar-refractivity contribution in [2.75, 3.05) is 12.4 Å². The van der Waals surface area contributed by atoms with Gasteiger partial charge >= 0.3 is 0 Å². The molecule has 0 aromatic carbocycles. The van der Waals surface area contributed by atoms with E-state index in [-0.39, 0.29) is 11.2 Å². The molecule has 1 aliphatic carbocycles. The molecule has 1 N–H and O–H groups in total. The summed E-state index contributed by atoms with van der Waals surface area (Å²) in [5, 5.41) is -0.162. The Morgan fingerprint density at radius 3 is 2.50 bits per heavy atom. The fraction of sp³-hybridized carbons (Fsp3) is 1.00. The summed E-state index contributed by atoms with van der Waals surface area (Å²) in [6, 6.07) is 0. The fourth-order valence-electron chi connectivity index (χ4n) is 1.63. The Hall–Kier alpha value is 0.200. The van der Waals surface area contributed by atoms with Crippen LogP contribution in [-0.2, 0) is 10.0 Å². The summed E-state index contributed by atoms with van der Waals surface area (Å²) in [6.07, 6.45) is 3.70. The minimum Gasteiger partial charge on any atom is -0.215 e. The zero-order chi connectivity index (χ0) is 10.6. The molecule has 1 aliphatic rings. The van der Waals surface area contributed by atoms with Crippen molar-refractivity contribution in [1.29, 1.82) is 0 Å². The smallest absolute Gasteiger partial charge is 0.214 e. The van der Waals surface area contributed by atoms with E-state index in [0.717, 1.165) is 25.7 Å². The standard InChI is InChI=1S/C9H18ClNO2S/c1-8(6-10)7-11-14(12,13)9-4-2-3-5-9/h8-9,11H,2-7H2,1H3. The molecule has 0 saturated heterocycles. The van der Waals surface area contributed by atoms with E-state index in [1.807, 2.05) is 6.92 Å². The first kappa shape index (κ1) is 12.3. The number of halogens is 1. The highest BCUT2D eigenvalue weighted by molar-refractivity contribution is 7.90. The third kappa shape index (κ3) is 3.41. The maximum absolute atomic E-state index is 11.7. The van der Waals surface area contributed by atoms with Crippen molar-refractivity contribution in [1.82, 2.24) is 4.72 Å². The van der Waals surface area contributed by atoms with Crippen molar-refractivity contribution < 1.29 is 8.42 Å². The van der Waals surface area contributed by atoms with Gasteiger partial charge in [0, 0.05) is 12.4 Å². The van der Waals surface area contributed by atoms with Crippen molar-refractivity contribution in [2.24, 2.45) is 5.92 Å². The lowest BCUT2D eigenvalue weighted by atomic mass is 10.2. The predicted molar refractivity (Wildman–Crippen MR) is 59.1 cm³/mol. The van der Waals surface area contributed by atoms with Gasteiger partial charge in [0.05, 0.1) is 5.25 Å². The van der Waals surface area contributed by atoms with E-state index in [1.54, 1.807) is 0 Å². The van der Waals surface area contributed by atoms with Gasteiger partial charge in [-0.1, -0.05) is 19.8 Å². The van der Waals surface area contributed by atoms with E-state index in [2.05, 4.69) is 4.72 Å². The minimum absolute atomic E-state index is 0.162. The number of sulfonamides is 1. The second-order valence-electron chi connectivity index (χ2n) is 4.06. The maximum atomic E-state index is 11.7. The normalized spacial score (nSPS) is 21.3. The van der Waals surface area contributed by atoms with E-state index in [9.17, 15) is 8.42 Å². The molecule has 1 atom stereocenters. The van der Waals surface area contributed by atoms with Crippen LogP contribution in [0.2, 0.25) is 0 Å². The zero-order valence-electron chi connectivity index (χ0n) is 8.50. The van der Waals surface area contributed by atoms with Crippen LogP contribution >= 0.6 is 11.6 Å². The molecule has 0 aliphatic heterocycles. The molecule has 0 amide bonds. The zero-order valence-corrected chi connectivity index (χ0v) is 10.1. The molecule has 0 radical (unpaired) electrons. The van der Waals surface area contributed by atoms with Crippen molar-refractivity contribution in [3.05, 3.63) is 0 Å². The molecule has 0 spiro atoms. The number of nitrogens with one attached hydrogen (secondary N) is 1. The molecule has 1 rings (SSSR count). The van der Waals surface area contributed by atoms with E-state index < -0.39 is 10.0 Å². The van der Waals surface area contributed by atoms with Gasteiger partial charge in [-0.3, -0.25) is 0 Å². The average molecular weight is 240 g/mol. The van der Waals surface area contributed by atoms with E-state index in [4.69, 9.17) is 11.6 Å². The summed E-state index contributed by atoms with van der Waals surface area (Å²) >= 11 is 5.61. The molecule has 0 aromatic heterocycles. The van der Waals surface area contributed by atoms with Crippen LogP contribution < -0.4 is 4.72 Å². The highest BCUT2D eigenvalue weighted by Gasteiger charge is 2.28. The number of rotatable bonds is 5. The highest BCUT2D eigenvalue weighted by atomic mass is 35.5. The first-order valence-corrected chi connectivity index (χ1v) is 7.19. The van der Waals surface area contributed by atoms with Gasteiger partial charge in [0.1, 0.15) is 0 Å². The van der Waals surface area contributed by atoms with Gasteiger partial charge in [0.25, 0.3) is 0 Å². The highest BCUT2D eigenvalue weighted by Crippen LogP contribution is 2.23. The van der Waals surface area contributed by atoms with Crippen LogP contribution in [0.5, 0.6) is 0 Å². The molecular formula is C9H18ClNO2S. The number of hydrogen-bond acceptors (Lipinski definition) is 2. The largest absolute Gasteiger partial charge is 0.215 e. The molecule has 0 bridgehead atoms. The monoisotopic (exact) mass is 239 g/mol. The SMILES string of the molecule is CC(CCl)CNS(=O)(=O)C1CCCC1.